The van der Waals surface area contributed by atoms with E-state index in [2.05, 4.69) is 17.2 Å². The lowest BCUT2D eigenvalue weighted by Gasteiger charge is -2.38. The third-order valence-corrected chi connectivity index (χ3v) is 4.22. The number of nitrogens with one attached hydrogen (secondary N) is 1. The molecule has 4 nitrogen and oxygen atoms in total. The molecule has 1 aliphatic carbocycles. The van der Waals surface area contributed by atoms with Crippen LogP contribution in [0.2, 0.25) is 5.15 Å². The zero-order chi connectivity index (χ0) is 13.9. The first-order chi connectivity index (χ1) is 9.06. The molecule has 0 bridgehead atoms. The van der Waals surface area contributed by atoms with Crippen molar-refractivity contribution in [1.29, 1.82) is 0 Å². The van der Waals surface area contributed by atoms with E-state index in [4.69, 9.17) is 11.6 Å². The van der Waals surface area contributed by atoms with Crippen LogP contribution in [0.15, 0.2) is 18.3 Å². The lowest BCUT2D eigenvalue weighted by atomic mass is 9.77. The number of pyridine rings is 1. The van der Waals surface area contributed by atoms with Crippen LogP contribution in [0.1, 0.15) is 43.0 Å². The van der Waals surface area contributed by atoms with Gasteiger partial charge < -0.3 is 10.4 Å². The van der Waals surface area contributed by atoms with Gasteiger partial charge in [-0.2, -0.15) is 0 Å². The quantitative estimate of drug-likeness (QED) is 0.837. The van der Waals surface area contributed by atoms with Crippen molar-refractivity contribution in [1.82, 2.24) is 10.3 Å². The zero-order valence-electron chi connectivity index (χ0n) is 11.0. The molecule has 1 aromatic heterocycles. The second-order valence-corrected chi connectivity index (χ2v) is 5.77. The molecule has 2 rings (SSSR count). The SMILES string of the molecule is CC1CCC(CO)(NC(=O)c2cccnc2Cl)CC1. The minimum Gasteiger partial charge on any atom is -0.394 e. The number of rotatable bonds is 3. The first kappa shape index (κ1) is 14.3. The number of nitrogens with zero attached hydrogens (tertiary/aromatic N) is 1. The number of aliphatic hydroxyl groups excluding tert-OH is 1. The Balaban J connectivity index is 2.11. The molecule has 104 valence electrons. The maximum absolute atomic E-state index is 12.2. The van der Waals surface area contributed by atoms with Gasteiger partial charge in [-0.1, -0.05) is 18.5 Å². The Hall–Kier alpha value is -1.13. The average Bonchev–Trinajstić information content (AvgIpc) is 2.42. The van der Waals surface area contributed by atoms with Crippen LogP contribution < -0.4 is 5.32 Å². The van der Waals surface area contributed by atoms with Crippen molar-refractivity contribution in [3.8, 4) is 0 Å². The number of carbonyl (C=O) groups is 1. The van der Waals surface area contributed by atoms with E-state index < -0.39 is 5.54 Å². The van der Waals surface area contributed by atoms with Gasteiger partial charge >= 0.3 is 0 Å². The molecule has 1 amide bonds. The summed E-state index contributed by atoms with van der Waals surface area (Å²) in [6, 6.07) is 3.32. The standard InChI is InChI=1S/C14H19ClN2O2/c1-10-4-6-14(9-18,7-5-10)17-13(19)11-3-2-8-16-12(11)15/h2-3,8,10,18H,4-7,9H2,1H3,(H,17,19). The minimum absolute atomic E-state index is 0.0384. The summed E-state index contributed by atoms with van der Waals surface area (Å²) in [5.41, 5.74) is -0.154. The summed E-state index contributed by atoms with van der Waals surface area (Å²) in [5.74, 6) is 0.389. The molecule has 1 fully saturated rings. The fourth-order valence-electron chi connectivity index (χ4n) is 2.50. The van der Waals surface area contributed by atoms with Gasteiger partial charge in [0.25, 0.3) is 5.91 Å². The van der Waals surface area contributed by atoms with Gasteiger partial charge in [0.2, 0.25) is 0 Å². The highest BCUT2D eigenvalue weighted by molar-refractivity contribution is 6.32. The first-order valence-corrected chi connectivity index (χ1v) is 6.98. The van der Waals surface area contributed by atoms with E-state index in [9.17, 15) is 9.90 Å². The van der Waals surface area contributed by atoms with E-state index in [-0.39, 0.29) is 17.7 Å². The lowest BCUT2D eigenvalue weighted by molar-refractivity contribution is 0.0717. The molecule has 1 saturated carbocycles. The summed E-state index contributed by atoms with van der Waals surface area (Å²) in [5, 5.41) is 12.8. The summed E-state index contributed by atoms with van der Waals surface area (Å²) in [7, 11) is 0. The molecular weight excluding hydrogens is 264 g/mol. The Bertz CT molecular complexity index is 457. The van der Waals surface area contributed by atoms with E-state index in [0.717, 1.165) is 25.7 Å². The largest absolute Gasteiger partial charge is 0.394 e. The van der Waals surface area contributed by atoms with Crippen molar-refractivity contribution in [2.45, 2.75) is 38.1 Å². The predicted molar refractivity (Wildman–Crippen MR) is 74.2 cm³/mol. The Morgan fingerprint density at radius 2 is 2.26 bits per heavy atom. The lowest BCUT2D eigenvalue weighted by Crippen LogP contribution is -2.53. The Morgan fingerprint density at radius 3 is 2.84 bits per heavy atom. The number of carbonyl (C=O) groups excluding carboxylic acids is 1. The van der Waals surface area contributed by atoms with Crippen molar-refractivity contribution in [2.24, 2.45) is 5.92 Å². The van der Waals surface area contributed by atoms with Crippen molar-refractivity contribution < 1.29 is 9.90 Å². The van der Waals surface area contributed by atoms with Crippen LogP contribution in [0.3, 0.4) is 0 Å². The van der Waals surface area contributed by atoms with E-state index in [1.807, 2.05) is 0 Å². The molecule has 1 aliphatic rings. The smallest absolute Gasteiger partial charge is 0.254 e. The number of aromatic nitrogens is 1. The Labute approximate surface area is 118 Å². The summed E-state index contributed by atoms with van der Waals surface area (Å²) < 4.78 is 0. The molecule has 5 heteroatoms. The van der Waals surface area contributed by atoms with Crippen molar-refractivity contribution in [3.05, 3.63) is 29.0 Å². The number of hydrogen-bond donors (Lipinski definition) is 2. The number of amides is 1. The van der Waals surface area contributed by atoms with E-state index in [1.54, 1.807) is 18.3 Å². The van der Waals surface area contributed by atoms with Crippen molar-refractivity contribution in [3.63, 3.8) is 0 Å². The fourth-order valence-corrected chi connectivity index (χ4v) is 2.71. The van der Waals surface area contributed by atoms with Crippen molar-refractivity contribution in [2.75, 3.05) is 6.61 Å². The minimum atomic E-state index is -0.511. The second-order valence-electron chi connectivity index (χ2n) is 5.42. The normalized spacial score (nSPS) is 27.0. The highest BCUT2D eigenvalue weighted by Crippen LogP contribution is 2.32. The van der Waals surface area contributed by atoms with Gasteiger partial charge in [0.05, 0.1) is 17.7 Å². The molecule has 0 saturated heterocycles. The van der Waals surface area contributed by atoms with Crippen LogP contribution in [0.25, 0.3) is 0 Å². The van der Waals surface area contributed by atoms with Gasteiger partial charge in [0.1, 0.15) is 5.15 Å². The second kappa shape index (κ2) is 5.88. The van der Waals surface area contributed by atoms with Crippen LogP contribution in [-0.2, 0) is 0 Å². The summed E-state index contributed by atoms with van der Waals surface area (Å²) in [4.78, 5) is 16.1. The molecule has 0 aliphatic heterocycles. The van der Waals surface area contributed by atoms with Gasteiger partial charge in [-0.25, -0.2) is 4.98 Å². The monoisotopic (exact) mass is 282 g/mol. The number of aliphatic hydroxyl groups is 1. The maximum atomic E-state index is 12.2. The van der Waals surface area contributed by atoms with E-state index in [0.29, 0.717) is 11.5 Å². The number of hydrogen-bond acceptors (Lipinski definition) is 3. The topological polar surface area (TPSA) is 62.2 Å². The predicted octanol–water partition coefficient (Wildman–Crippen LogP) is 2.41. The molecule has 0 radical (unpaired) electrons. The van der Waals surface area contributed by atoms with E-state index >= 15 is 0 Å². The molecule has 2 N–H and O–H groups in total. The third kappa shape index (κ3) is 3.25. The molecule has 0 spiro atoms. The summed E-state index contributed by atoms with van der Waals surface area (Å²) >= 11 is 5.91. The van der Waals surface area contributed by atoms with Gasteiger partial charge in [-0.15, -0.1) is 0 Å². The highest BCUT2D eigenvalue weighted by Gasteiger charge is 2.35. The molecule has 1 heterocycles. The van der Waals surface area contributed by atoms with Crippen LogP contribution in [0.5, 0.6) is 0 Å². The van der Waals surface area contributed by atoms with Gasteiger partial charge in [-0.3, -0.25) is 4.79 Å². The van der Waals surface area contributed by atoms with Crippen LogP contribution in [-0.4, -0.2) is 28.1 Å². The molecular formula is C14H19ClN2O2. The zero-order valence-corrected chi connectivity index (χ0v) is 11.8. The Kier molecular flexibility index (Phi) is 4.42. The van der Waals surface area contributed by atoms with Crippen LogP contribution >= 0.6 is 11.6 Å². The van der Waals surface area contributed by atoms with E-state index in [1.165, 1.54) is 0 Å². The van der Waals surface area contributed by atoms with Gasteiger partial charge in [0, 0.05) is 6.20 Å². The molecule has 0 atom stereocenters. The van der Waals surface area contributed by atoms with Crippen molar-refractivity contribution >= 4 is 17.5 Å². The number of halogens is 1. The first-order valence-electron chi connectivity index (χ1n) is 6.60. The van der Waals surface area contributed by atoms with Gasteiger partial charge in [-0.05, 0) is 43.7 Å². The third-order valence-electron chi connectivity index (χ3n) is 3.92. The van der Waals surface area contributed by atoms with Crippen LogP contribution in [0.4, 0.5) is 0 Å². The Morgan fingerprint density at radius 1 is 1.58 bits per heavy atom. The summed E-state index contributed by atoms with van der Waals surface area (Å²) in [6.45, 7) is 2.16. The molecule has 19 heavy (non-hydrogen) atoms. The molecule has 0 unspecified atom stereocenters. The average molecular weight is 283 g/mol. The fraction of sp³-hybridized carbons (Fsp3) is 0.571. The molecule has 1 aromatic rings. The highest BCUT2D eigenvalue weighted by atomic mass is 35.5. The molecule has 0 aromatic carbocycles. The maximum Gasteiger partial charge on any atom is 0.254 e. The van der Waals surface area contributed by atoms with Crippen LogP contribution in [0, 0.1) is 5.92 Å². The van der Waals surface area contributed by atoms with Gasteiger partial charge in [0.15, 0.2) is 0 Å². The summed E-state index contributed by atoms with van der Waals surface area (Å²) in [6.07, 6.45) is 5.18.